The van der Waals surface area contributed by atoms with Crippen LogP contribution in [0.15, 0.2) is 42.7 Å². The minimum atomic E-state index is -0.964. The number of carbonyl (C=O) groups is 1. The van der Waals surface area contributed by atoms with Crippen LogP contribution in [0.5, 0.6) is 0 Å². The van der Waals surface area contributed by atoms with Crippen molar-refractivity contribution in [3.05, 3.63) is 56.9 Å². The number of carboxylic acid groups (broad SMARTS) is 1. The molecule has 0 atom stereocenters. The molecule has 1 heterocycles. The number of hydrogen-bond acceptors (Lipinski definition) is 2. The molecule has 6 heteroatoms. The lowest BCUT2D eigenvalue weighted by Crippen LogP contribution is -1.97. The molecule has 4 nitrogen and oxygen atoms in total. The Bertz CT molecular complexity index is 829. The topological polar surface area (TPSA) is 55.1 Å². The summed E-state index contributed by atoms with van der Waals surface area (Å²) < 4.78 is 2.90. The van der Waals surface area contributed by atoms with Crippen molar-refractivity contribution in [2.24, 2.45) is 0 Å². The Balaban J connectivity index is 2.20. The normalized spacial score (nSPS) is 10.9. The van der Waals surface area contributed by atoms with E-state index in [0.717, 1.165) is 14.8 Å². The summed E-state index contributed by atoms with van der Waals surface area (Å²) in [7, 11) is 0. The number of rotatable bonds is 2. The van der Waals surface area contributed by atoms with Gasteiger partial charge in [0, 0.05) is 3.57 Å². The Hall–Kier alpha value is -1.60. The van der Waals surface area contributed by atoms with E-state index in [1.54, 1.807) is 24.5 Å². The lowest BCUT2D eigenvalue weighted by atomic mass is 10.2. The van der Waals surface area contributed by atoms with E-state index in [4.69, 9.17) is 16.7 Å². The zero-order chi connectivity index (χ0) is 14.3. The minimum absolute atomic E-state index is 0.219. The number of halogens is 2. The van der Waals surface area contributed by atoms with E-state index in [0.29, 0.717) is 10.5 Å². The van der Waals surface area contributed by atoms with Crippen molar-refractivity contribution in [2.45, 2.75) is 0 Å². The van der Waals surface area contributed by atoms with Crippen molar-refractivity contribution < 1.29 is 9.90 Å². The number of aromatic carboxylic acids is 1. The Morgan fingerprint density at radius 3 is 2.75 bits per heavy atom. The van der Waals surface area contributed by atoms with Crippen molar-refractivity contribution in [1.29, 1.82) is 0 Å². The van der Waals surface area contributed by atoms with Crippen LogP contribution < -0.4 is 0 Å². The standard InChI is InChI=1S/C14H8ClIN2O2/c15-10-6-9(16)2-4-12(10)18-7-17-11-5-8(14(19)20)1-3-13(11)18/h1-7H,(H,19,20). The number of nitrogens with zero attached hydrogens (tertiary/aromatic N) is 2. The lowest BCUT2D eigenvalue weighted by molar-refractivity contribution is 0.0697. The van der Waals surface area contributed by atoms with Crippen molar-refractivity contribution in [3.63, 3.8) is 0 Å². The van der Waals surface area contributed by atoms with E-state index < -0.39 is 5.97 Å². The third kappa shape index (κ3) is 2.27. The summed E-state index contributed by atoms with van der Waals surface area (Å²) in [5, 5.41) is 9.61. The first-order valence-electron chi connectivity index (χ1n) is 5.72. The highest BCUT2D eigenvalue weighted by atomic mass is 127. The Morgan fingerprint density at radius 1 is 1.25 bits per heavy atom. The highest BCUT2D eigenvalue weighted by Gasteiger charge is 2.10. The molecule has 100 valence electrons. The van der Waals surface area contributed by atoms with E-state index in [2.05, 4.69) is 27.6 Å². The molecule has 0 bridgehead atoms. The van der Waals surface area contributed by atoms with E-state index >= 15 is 0 Å². The van der Waals surface area contributed by atoms with Crippen LogP contribution in [0.3, 0.4) is 0 Å². The molecule has 0 spiro atoms. The van der Waals surface area contributed by atoms with Gasteiger partial charge in [-0.3, -0.25) is 4.57 Å². The molecule has 1 N–H and O–H groups in total. The van der Waals surface area contributed by atoms with E-state index in [1.807, 2.05) is 22.8 Å². The molecule has 0 aliphatic rings. The first-order chi connectivity index (χ1) is 9.56. The molecule has 0 saturated carbocycles. The first kappa shape index (κ1) is 13.4. The second kappa shape index (κ2) is 5.06. The molecular weight excluding hydrogens is 391 g/mol. The van der Waals surface area contributed by atoms with Gasteiger partial charge in [0.15, 0.2) is 0 Å². The summed E-state index contributed by atoms with van der Waals surface area (Å²) in [4.78, 5) is 15.2. The molecule has 0 aliphatic carbocycles. The quantitative estimate of drug-likeness (QED) is 0.664. The van der Waals surface area contributed by atoms with Crippen LogP contribution in [0.25, 0.3) is 16.7 Å². The summed E-state index contributed by atoms with van der Waals surface area (Å²) in [5.41, 5.74) is 2.48. The van der Waals surface area contributed by atoms with Gasteiger partial charge in [0.05, 0.1) is 27.3 Å². The van der Waals surface area contributed by atoms with Gasteiger partial charge in [-0.2, -0.15) is 0 Å². The smallest absolute Gasteiger partial charge is 0.335 e. The predicted molar refractivity (Wildman–Crippen MR) is 85.8 cm³/mol. The number of fused-ring (bicyclic) bond motifs is 1. The zero-order valence-electron chi connectivity index (χ0n) is 10.0. The van der Waals surface area contributed by atoms with Crippen molar-refractivity contribution in [3.8, 4) is 5.69 Å². The maximum atomic E-state index is 11.0. The highest BCUT2D eigenvalue weighted by Crippen LogP contribution is 2.26. The third-order valence-electron chi connectivity index (χ3n) is 2.96. The number of benzene rings is 2. The largest absolute Gasteiger partial charge is 0.478 e. The molecule has 2 aromatic carbocycles. The van der Waals surface area contributed by atoms with Crippen LogP contribution in [0.4, 0.5) is 0 Å². The fraction of sp³-hybridized carbons (Fsp3) is 0. The summed E-state index contributed by atoms with van der Waals surface area (Å²) in [6.45, 7) is 0. The average molecular weight is 399 g/mol. The van der Waals surface area contributed by atoms with Crippen LogP contribution in [0, 0.1) is 3.57 Å². The molecule has 3 aromatic rings. The molecule has 20 heavy (non-hydrogen) atoms. The van der Waals surface area contributed by atoms with Gasteiger partial charge in [-0.15, -0.1) is 0 Å². The second-order valence-electron chi connectivity index (χ2n) is 4.22. The molecule has 0 saturated heterocycles. The zero-order valence-corrected chi connectivity index (χ0v) is 13.0. The fourth-order valence-corrected chi connectivity index (χ4v) is 2.96. The average Bonchev–Trinajstić information content (AvgIpc) is 2.81. The van der Waals surface area contributed by atoms with Crippen LogP contribution in [-0.2, 0) is 0 Å². The number of carboxylic acids is 1. The van der Waals surface area contributed by atoms with Gasteiger partial charge in [0.2, 0.25) is 0 Å². The van der Waals surface area contributed by atoms with Crippen LogP contribution in [0.2, 0.25) is 5.02 Å². The second-order valence-corrected chi connectivity index (χ2v) is 5.87. The SMILES string of the molecule is O=C(O)c1ccc2c(c1)ncn2-c1ccc(I)cc1Cl. The fourth-order valence-electron chi connectivity index (χ4n) is 2.01. The van der Waals surface area contributed by atoms with Gasteiger partial charge in [0.1, 0.15) is 6.33 Å². The third-order valence-corrected chi connectivity index (χ3v) is 3.94. The molecule has 0 aliphatic heterocycles. The molecular formula is C14H8ClIN2O2. The lowest BCUT2D eigenvalue weighted by Gasteiger charge is -2.07. The van der Waals surface area contributed by atoms with Crippen molar-refractivity contribution >= 4 is 51.2 Å². The maximum Gasteiger partial charge on any atom is 0.335 e. The monoisotopic (exact) mass is 398 g/mol. The van der Waals surface area contributed by atoms with Gasteiger partial charge in [0.25, 0.3) is 0 Å². The van der Waals surface area contributed by atoms with Gasteiger partial charge in [-0.1, -0.05) is 11.6 Å². The van der Waals surface area contributed by atoms with Gasteiger partial charge < -0.3 is 5.11 Å². The molecule has 0 unspecified atom stereocenters. The summed E-state index contributed by atoms with van der Waals surface area (Å²) in [6.07, 6.45) is 1.64. The van der Waals surface area contributed by atoms with E-state index in [-0.39, 0.29) is 5.56 Å². The molecule has 0 radical (unpaired) electrons. The molecule has 1 aromatic heterocycles. The minimum Gasteiger partial charge on any atom is -0.478 e. The molecule has 0 amide bonds. The molecule has 0 fully saturated rings. The maximum absolute atomic E-state index is 11.0. The van der Waals surface area contributed by atoms with Crippen LogP contribution in [-0.4, -0.2) is 20.6 Å². The Morgan fingerprint density at radius 2 is 2.05 bits per heavy atom. The van der Waals surface area contributed by atoms with E-state index in [1.165, 1.54) is 0 Å². The highest BCUT2D eigenvalue weighted by molar-refractivity contribution is 14.1. The number of hydrogen-bond donors (Lipinski definition) is 1. The van der Waals surface area contributed by atoms with Crippen LogP contribution in [0.1, 0.15) is 10.4 Å². The number of aromatic nitrogens is 2. The molecule has 3 rings (SSSR count). The summed E-state index contributed by atoms with van der Waals surface area (Å²) >= 11 is 8.45. The first-order valence-corrected chi connectivity index (χ1v) is 7.18. The summed E-state index contributed by atoms with van der Waals surface area (Å²) in [6, 6.07) is 10.6. The van der Waals surface area contributed by atoms with Crippen molar-refractivity contribution in [1.82, 2.24) is 9.55 Å². The van der Waals surface area contributed by atoms with Crippen LogP contribution >= 0.6 is 34.2 Å². The van der Waals surface area contributed by atoms with E-state index in [9.17, 15) is 4.79 Å². The van der Waals surface area contributed by atoms with Gasteiger partial charge >= 0.3 is 5.97 Å². The number of imidazole rings is 1. The van der Waals surface area contributed by atoms with Gasteiger partial charge in [-0.05, 0) is 59.0 Å². The summed E-state index contributed by atoms with van der Waals surface area (Å²) in [5.74, 6) is -0.964. The Kier molecular flexibility index (Phi) is 3.39. The van der Waals surface area contributed by atoms with Crippen molar-refractivity contribution in [2.75, 3.05) is 0 Å². The Labute approximate surface area is 133 Å². The van der Waals surface area contributed by atoms with Gasteiger partial charge in [-0.25, -0.2) is 9.78 Å². The predicted octanol–water partition coefficient (Wildman–Crippen LogP) is 3.98.